The van der Waals surface area contributed by atoms with Gasteiger partial charge in [0.05, 0.1) is 20.5 Å². The Balaban J connectivity index is 2.01. The average molecular weight is 651 g/mol. The molecular weight excluding hydrogens is 601 g/mol. The summed E-state index contributed by atoms with van der Waals surface area (Å²) in [6, 6.07) is 17.9. The Morgan fingerprint density at radius 1 is 0.455 bits per heavy atom. The zero-order valence-corrected chi connectivity index (χ0v) is 32.5. The molecule has 0 fully saturated rings. The fourth-order valence-corrected chi connectivity index (χ4v) is 21.5. The molecule has 2 aromatic heterocycles. The topological polar surface area (TPSA) is 0 Å². The summed E-state index contributed by atoms with van der Waals surface area (Å²) in [7, 11) is -3.88. The molecule has 0 saturated carbocycles. The lowest BCUT2D eigenvalue weighted by Crippen LogP contribution is -2.43. The number of fused-ring (bicyclic) bond motifs is 6. The van der Waals surface area contributed by atoms with Crippen molar-refractivity contribution in [1.82, 2.24) is 0 Å². The van der Waals surface area contributed by atoms with Crippen LogP contribution in [0.25, 0.3) is 40.3 Å². The molecule has 2 heterocycles. The first kappa shape index (κ1) is 33.0. The molecule has 0 radical (unpaired) electrons. The molecule has 0 spiro atoms. The number of benzene rings is 3. The summed E-state index contributed by atoms with van der Waals surface area (Å²) in [5.74, 6) is 8.00. The van der Waals surface area contributed by atoms with E-state index in [0.29, 0.717) is 33.2 Å². The first-order valence-electron chi connectivity index (χ1n) is 16.6. The number of hydrogen-bond acceptors (Lipinski definition) is 2. The highest BCUT2D eigenvalue weighted by atomic mass is 32.1. The third-order valence-electron chi connectivity index (χ3n) is 10.7. The molecule has 5 rings (SSSR count). The van der Waals surface area contributed by atoms with Gasteiger partial charge in [0.25, 0.3) is 0 Å². The number of thiophene rings is 2. The Kier molecular flexibility index (Phi) is 9.35. The first-order valence-corrected chi connectivity index (χ1v) is 22.7. The van der Waals surface area contributed by atoms with Crippen molar-refractivity contribution in [3.8, 4) is 22.9 Å². The van der Waals surface area contributed by atoms with E-state index >= 15 is 0 Å². The number of hydrogen-bond donors (Lipinski definition) is 0. The van der Waals surface area contributed by atoms with Gasteiger partial charge in [-0.15, -0.1) is 33.8 Å². The van der Waals surface area contributed by atoms with Crippen molar-refractivity contribution < 1.29 is 0 Å². The van der Waals surface area contributed by atoms with Crippen molar-refractivity contribution in [2.45, 2.75) is 116 Å². The summed E-state index contributed by atoms with van der Waals surface area (Å²) in [6.45, 7) is 29.0. The van der Waals surface area contributed by atoms with Crippen molar-refractivity contribution in [2.24, 2.45) is 0 Å². The Morgan fingerprint density at radius 2 is 0.750 bits per heavy atom. The van der Waals surface area contributed by atoms with Gasteiger partial charge in [0.1, 0.15) is 16.1 Å². The fourth-order valence-electron chi connectivity index (χ4n) is 8.61. The molecule has 0 unspecified atom stereocenters. The lowest BCUT2D eigenvalue weighted by Gasteiger charge is -2.38. The minimum Gasteiger partial charge on any atom is -0.134 e. The molecule has 44 heavy (non-hydrogen) atoms. The third kappa shape index (κ3) is 5.11. The second-order valence-corrected chi connectivity index (χ2v) is 27.9. The van der Waals surface area contributed by atoms with Crippen LogP contribution < -0.4 is 0 Å². The third-order valence-corrected chi connectivity index (χ3v) is 25.6. The van der Waals surface area contributed by atoms with Gasteiger partial charge in [-0.25, -0.2) is 0 Å². The van der Waals surface area contributed by atoms with E-state index in [2.05, 4.69) is 155 Å². The SMILES string of the molecule is CC(C)[Si](C#Cc1c2sc3ccccc3c2c(C#C[Si](C(C)C)(C(C)C)C(C)C)c2sc3ccccc3c12)(C(C)C)C(C)C. The van der Waals surface area contributed by atoms with Crippen molar-refractivity contribution >= 4 is 79.2 Å². The monoisotopic (exact) mass is 650 g/mol. The zero-order valence-electron chi connectivity index (χ0n) is 28.9. The highest BCUT2D eigenvalue weighted by molar-refractivity contribution is 7.28. The van der Waals surface area contributed by atoms with Crippen molar-refractivity contribution in [1.29, 1.82) is 0 Å². The zero-order chi connectivity index (χ0) is 32.1. The normalized spacial score (nSPS) is 13.0. The molecule has 230 valence electrons. The largest absolute Gasteiger partial charge is 0.146 e. The van der Waals surface area contributed by atoms with Gasteiger partial charge in [-0.3, -0.25) is 0 Å². The Bertz CT molecular complexity index is 1770. The first-order chi connectivity index (χ1) is 20.8. The summed E-state index contributed by atoms with van der Waals surface area (Å²) in [6.07, 6.45) is 0. The van der Waals surface area contributed by atoms with Crippen molar-refractivity contribution in [3.05, 3.63) is 59.7 Å². The van der Waals surface area contributed by atoms with Crippen molar-refractivity contribution in [2.75, 3.05) is 0 Å². The minimum atomic E-state index is -1.94. The maximum absolute atomic E-state index is 4.12. The lowest BCUT2D eigenvalue weighted by atomic mass is 9.98. The Labute approximate surface area is 276 Å². The van der Waals surface area contributed by atoms with Crippen LogP contribution in [0.1, 0.15) is 94.2 Å². The molecule has 0 aliphatic rings. The molecule has 0 atom stereocenters. The van der Waals surface area contributed by atoms with E-state index in [1.54, 1.807) is 0 Å². The summed E-state index contributed by atoms with van der Waals surface area (Å²) < 4.78 is 5.31. The molecule has 0 N–H and O–H groups in total. The molecule has 0 aliphatic heterocycles. The van der Waals surface area contributed by atoms with E-state index in [4.69, 9.17) is 0 Å². The molecule has 3 aromatic carbocycles. The predicted molar refractivity (Wildman–Crippen MR) is 208 cm³/mol. The van der Waals surface area contributed by atoms with Gasteiger partial charge in [-0.1, -0.05) is 131 Å². The number of rotatable bonds is 6. The smallest absolute Gasteiger partial charge is 0.134 e. The molecule has 5 aromatic rings. The molecule has 0 saturated heterocycles. The van der Waals surface area contributed by atoms with Crippen LogP contribution in [0, 0.1) is 22.9 Å². The molecule has 4 heteroatoms. The van der Waals surface area contributed by atoms with Crippen molar-refractivity contribution in [3.63, 3.8) is 0 Å². The quantitative estimate of drug-likeness (QED) is 0.127. The van der Waals surface area contributed by atoms with Crippen LogP contribution in [-0.2, 0) is 0 Å². The molecule has 0 aliphatic carbocycles. The van der Waals surface area contributed by atoms with E-state index in [-0.39, 0.29) is 0 Å². The van der Waals surface area contributed by atoms with E-state index in [1.807, 2.05) is 22.7 Å². The van der Waals surface area contributed by atoms with Gasteiger partial charge in [-0.2, -0.15) is 0 Å². The minimum absolute atomic E-state index is 0.592. The van der Waals surface area contributed by atoms with Gasteiger partial charge in [0.15, 0.2) is 0 Å². The predicted octanol–water partition coefficient (Wildman–Crippen LogP) is 13.6. The standard InChI is InChI=1S/C40H50S2Si2/c1-25(2)43(26(3)4,27(5)6)23-21-33-37-31-17-13-15-19-35(31)42-40(37)34(22-24-44(28(7)8,29(9)10)30(11)12)38-32-18-14-16-20-36(32)41-39(33)38/h13-20,25-30H,1-12H3. The summed E-state index contributed by atoms with van der Waals surface area (Å²) >= 11 is 3.84. The van der Waals surface area contributed by atoms with E-state index in [9.17, 15) is 0 Å². The maximum atomic E-state index is 4.12. The average Bonchev–Trinajstić information content (AvgIpc) is 3.52. The highest BCUT2D eigenvalue weighted by Crippen LogP contribution is 2.48. The maximum Gasteiger partial charge on any atom is 0.146 e. The van der Waals surface area contributed by atoms with Crippen LogP contribution in [0.15, 0.2) is 48.5 Å². The Morgan fingerprint density at radius 3 is 1.05 bits per heavy atom. The van der Waals surface area contributed by atoms with Crippen LogP contribution in [0.5, 0.6) is 0 Å². The second-order valence-electron chi connectivity index (χ2n) is 14.6. The van der Waals surface area contributed by atoms with Crippen LogP contribution in [0.4, 0.5) is 0 Å². The van der Waals surface area contributed by atoms with Gasteiger partial charge >= 0.3 is 0 Å². The van der Waals surface area contributed by atoms with E-state index in [0.717, 1.165) is 0 Å². The Hall–Kier alpha value is -2.35. The molecule has 0 amide bonds. The van der Waals surface area contributed by atoms with Gasteiger partial charge in [0, 0.05) is 30.9 Å². The highest BCUT2D eigenvalue weighted by Gasteiger charge is 2.43. The van der Waals surface area contributed by atoms with Crippen LogP contribution in [0.3, 0.4) is 0 Å². The van der Waals surface area contributed by atoms with Crippen LogP contribution >= 0.6 is 22.7 Å². The van der Waals surface area contributed by atoms with Crippen LogP contribution in [0.2, 0.25) is 33.2 Å². The van der Waals surface area contributed by atoms with Gasteiger partial charge < -0.3 is 0 Å². The summed E-state index contributed by atoms with van der Waals surface area (Å²) in [4.78, 5) is 0. The summed E-state index contributed by atoms with van der Waals surface area (Å²) in [5.41, 5.74) is 14.3. The van der Waals surface area contributed by atoms with E-state index in [1.165, 1.54) is 51.5 Å². The summed E-state index contributed by atoms with van der Waals surface area (Å²) in [5, 5.41) is 5.30. The van der Waals surface area contributed by atoms with Gasteiger partial charge in [0.2, 0.25) is 0 Å². The molecule has 0 nitrogen and oxygen atoms in total. The molecule has 0 bridgehead atoms. The van der Waals surface area contributed by atoms with Crippen LogP contribution in [-0.4, -0.2) is 16.1 Å². The molecular formula is C40H50S2Si2. The van der Waals surface area contributed by atoms with E-state index < -0.39 is 16.1 Å². The second kappa shape index (κ2) is 12.5. The van der Waals surface area contributed by atoms with Gasteiger partial charge in [-0.05, 0) is 45.4 Å². The fraction of sp³-hybridized carbons (Fsp3) is 0.450. The lowest BCUT2D eigenvalue weighted by molar-refractivity contribution is 0.838.